The highest BCUT2D eigenvalue weighted by atomic mass is 16.4. The minimum absolute atomic E-state index is 0.226. The predicted molar refractivity (Wildman–Crippen MR) is 40.2 cm³/mol. The molecule has 12 heavy (non-hydrogen) atoms. The fourth-order valence-electron chi connectivity index (χ4n) is 0.703. The van der Waals surface area contributed by atoms with Crippen molar-refractivity contribution in [2.45, 2.75) is 24.4 Å². The third-order valence-corrected chi connectivity index (χ3v) is 1.57. The topological polar surface area (TPSA) is 127 Å². The molecule has 6 nitrogen and oxygen atoms in total. The van der Waals surface area contributed by atoms with E-state index in [2.05, 4.69) is 0 Å². The van der Waals surface area contributed by atoms with Gasteiger partial charge in [-0.2, -0.15) is 0 Å². The summed E-state index contributed by atoms with van der Waals surface area (Å²) in [5.74, 6) is 0. The Bertz CT molecular complexity index is 109. The van der Waals surface area contributed by atoms with Crippen molar-refractivity contribution < 1.29 is 25.5 Å². The fourth-order valence-corrected chi connectivity index (χ4v) is 0.703. The van der Waals surface area contributed by atoms with Crippen LogP contribution >= 0.6 is 0 Å². The van der Waals surface area contributed by atoms with E-state index in [-0.39, 0.29) is 6.54 Å². The van der Waals surface area contributed by atoms with Gasteiger partial charge in [-0.05, 0) is 0 Å². The van der Waals surface area contributed by atoms with E-state index < -0.39 is 31.0 Å². The van der Waals surface area contributed by atoms with Crippen LogP contribution in [0.3, 0.4) is 0 Å². The number of nitrogens with two attached hydrogens (primary N) is 1. The molecule has 0 bridgehead atoms. The minimum Gasteiger partial charge on any atom is -0.394 e. The van der Waals surface area contributed by atoms with Gasteiger partial charge in [-0.25, -0.2) is 0 Å². The fraction of sp³-hybridized carbons (Fsp3) is 1.00. The Labute approximate surface area is 69.9 Å². The van der Waals surface area contributed by atoms with Gasteiger partial charge in [0.05, 0.1) is 12.7 Å². The van der Waals surface area contributed by atoms with Crippen molar-refractivity contribution in [1.29, 1.82) is 0 Å². The van der Waals surface area contributed by atoms with Gasteiger partial charge in [-0.1, -0.05) is 0 Å². The highest BCUT2D eigenvalue weighted by Gasteiger charge is 2.28. The lowest BCUT2D eigenvalue weighted by molar-refractivity contribution is -0.112. The zero-order valence-corrected chi connectivity index (χ0v) is 6.54. The molecule has 0 radical (unpaired) electrons. The highest BCUT2D eigenvalue weighted by Crippen LogP contribution is 2.03. The molecule has 0 aliphatic heterocycles. The van der Waals surface area contributed by atoms with Gasteiger partial charge in [0, 0.05) is 6.54 Å². The summed E-state index contributed by atoms with van der Waals surface area (Å²) in [4.78, 5) is 0. The van der Waals surface area contributed by atoms with Crippen molar-refractivity contribution in [3.05, 3.63) is 0 Å². The Hall–Kier alpha value is -0.240. The summed E-state index contributed by atoms with van der Waals surface area (Å²) in [5, 5.41) is 44.2. The molecule has 0 amide bonds. The molecular weight excluding hydrogens is 166 g/mol. The summed E-state index contributed by atoms with van der Waals surface area (Å²) in [6, 6.07) is 0. The molecule has 0 spiro atoms. The average Bonchev–Trinajstić information content (AvgIpc) is 2.12. The molecule has 0 saturated heterocycles. The third kappa shape index (κ3) is 3.02. The van der Waals surface area contributed by atoms with E-state index >= 15 is 0 Å². The lowest BCUT2D eigenvalue weighted by atomic mass is 10.0. The molecule has 0 aromatic heterocycles. The molecule has 4 atom stereocenters. The quantitative estimate of drug-likeness (QED) is 0.260. The van der Waals surface area contributed by atoms with E-state index in [1.165, 1.54) is 0 Å². The van der Waals surface area contributed by atoms with Crippen molar-refractivity contribution in [3.63, 3.8) is 0 Å². The Kier molecular flexibility index (Phi) is 5.31. The van der Waals surface area contributed by atoms with Crippen molar-refractivity contribution in [2.75, 3.05) is 13.2 Å². The second kappa shape index (κ2) is 5.41. The SMILES string of the molecule is NC[C@H](O)[C@@H](O)[C@@H](O)[C@@H](O)CO. The first-order valence-corrected chi connectivity index (χ1v) is 3.57. The van der Waals surface area contributed by atoms with Gasteiger partial charge in [0.25, 0.3) is 0 Å². The Morgan fingerprint density at radius 2 is 1.33 bits per heavy atom. The summed E-state index contributed by atoms with van der Waals surface area (Å²) in [6.45, 7) is -0.911. The van der Waals surface area contributed by atoms with Gasteiger partial charge in [0.1, 0.15) is 18.3 Å². The average molecular weight is 181 g/mol. The van der Waals surface area contributed by atoms with Crippen LogP contribution in [0.4, 0.5) is 0 Å². The molecule has 6 heteroatoms. The van der Waals surface area contributed by atoms with Gasteiger partial charge in [0.15, 0.2) is 0 Å². The maximum Gasteiger partial charge on any atom is 0.111 e. The van der Waals surface area contributed by atoms with Crippen LogP contribution in [0.15, 0.2) is 0 Å². The lowest BCUT2D eigenvalue weighted by Gasteiger charge is -2.24. The minimum atomic E-state index is -1.59. The van der Waals surface area contributed by atoms with E-state index in [0.717, 1.165) is 0 Å². The molecule has 0 aromatic rings. The Morgan fingerprint density at radius 1 is 0.917 bits per heavy atom. The van der Waals surface area contributed by atoms with E-state index in [1.54, 1.807) is 0 Å². The maximum atomic E-state index is 9.04. The van der Waals surface area contributed by atoms with E-state index in [1.807, 2.05) is 0 Å². The molecule has 0 aromatic carbocycles. The van der Waals surface area contributed by atoms with Crippen LogP contribution in [-0.2, 0) is 0 Å². The number of hydrogen-bond donors (Lipinski definition) is 6. The molecule has 0 aliphatic carbocycles. The summed E-state index contributed by atoms with van der Waals surface area (Å²) < 4.78 is 0. The second-order valence-electron chi connectivity index (χ2n) is 2.53. The molecule has 0 saturated carbocycles. The molecule has 0 unspecified atom stereocenters. The summed E-state index contributed by atoms with van der Waals surface area (Å²) >= 11 is 0. The van der Waals surface area contributed by atoms with Gasteiger partial charge < -0.3 is 31.3 Å². The molecule has 7 N–H and O–H groups in total. The smallest absolute Gasteiger partial charge is 0.111 e. The van der Waals surface area contributed by atoms with Gasteiger partial charge in [-0.3, -0.25) is 0 Å². The lowest BCUT2D eigenvalue weighted by Crippen LogP contribution is -2.48. The standard InChI is InChI=1S/C6H15NO5/c7-1-3(9)5(11)6(12)4(10)2-8/h3-6,8-12H,1-2,7H2/t3-,4-,5+,6-/m0/s1. The number of aliphatic hydroxyl groups is 5. The molecule has 0 fully saturated rings. The monoisotopic (exact) mass is 181 g/mol. The molecular formula is C6H15NO5. The first-order valence-electron chi connectivity index (χ1n) is 3.57. The molecule has 0 heterocycles. The van der Waals surface area contributed by atoms with Crippen LogP contribution < -0.4 is 5.73 Å². The Morgan fingerprint density at radius 3 is 1.67 bits per heavy atom. The van der Waals surface area contributed by atoms with E-state index in [4.69, 9.17) is 31.3 Å². The van der Waals surface area contributed by atoms with Crippen molar-refractivity contribution >= 4 is 0 Å². The first kappa shape index (κ1) is 11.8. The van der Waals surface area contributed by atoms with Crippen LogP contribution in [0.25, 0.3) is 0 Å². The Balaban J connectivity index is 3.99. The maximum absolute atomic E-state index is 9.04. The number of hydrogen-bond acceptors (Lipinski definition) is 6. The van der Waals surface area contributed by atoms with Crippen LogP contribution in [0, 0.1) is 0 Å². The number of rotatable bonds is 5. The third-order valence-electron chi connectivity index (χ3n) is 1.57. The zero-order valence-electron chi connectivity index (χ0n) is 6.54. The molecule has 74 valence electrons. The summed E-state index contributed by atoms with van der Waals surface area (Å²) in [7, 11) is 0. The summed E-state index contributed by atoms with van der Waals surface area (Å²) in [6.07, 6.45) is -5.91. The van der Waals surface area contributed by atoms with E-state index in [9.17, 15) is 0 Å². The van der Waals surface area contributed by atoms with Gasteiger partial charge >= 0.3 is 0 Å². The van der Waals surface area contributed by atoms with Crippen LogP contribution in [0.1, 0.15) is 0 Å². The largest absolute Gasteiger partial charge is 0.394 e. The normalized spacial score (nSPS) is 21.5. The van der Waals surface area contributed by atoms with Crippen LogP contribution in [0.5, 0.6) is 0 Å². The van der Waals surface area contributed by atoms with Gasteiger partial charge in [0.2, 0.25) is 0 Å². The zero-order chi connectivity index (χ0) is 9.72. The number of aliphatic hydroxyl groups excluding tert-OH is 5. The van der Waals surface area contributed by atoms with Crippen molar-refractivity contribution in [2.24, 2.45) is 5.73 Å². The molecule has 0 aliphatic rings. The van der Waals surface area contributed by atoms with Crippen molar-refractivity contribution in [1.82, 2.24) is 0 Å². The highest BCUT2D eigenvalue weighted by molar-refractivity contribution is 4.80. The predicted octanol–water partition coefficient (Wildman–Crippen LogP) is -3.62. The van der Waals surface area contributed by atoms with Crippen LogP contribution in [0.2, 0.25) is 0 Å². The van der Waals surface area contributed by atoms with Gasteiger partial charge in [-0.15, -0.1) is 0 Å². The first-order chi connectivity index (χ1) is 5.54. The summed E-state index contributed by atoms with van der Waals surface area (Å²) in [5.41, 5.74) is 4.99. The van der Waals surface area contributed by atoms with Crippen LogP contribution in [-0.4, -0.2) is 63.1 Å². The van der Waals surface area contributed by atoms with E-state index in [0.29, 0.717) is 0 Å². The molecule has 0 rings (SSSR count). The van der Waals surface area contributed by atoms with Crippen molar-refractivity contribution in [3.8, 4) is 0 Å². The second-order valence-corrected chi connectivity index (χ2v) is 2.53.